The van der Waals surface area contributed by atoms with Crippen LogP contribution in [0.3, 0.4) is 0 Å². The fourth-order valence-electron chi connectivity index (χ4n) is 10.1. The molecule has 37 heavy (non-hydrogen) atoms. The van der Waals surface area contributed by atoms with Crippen LogP contribution in [0.4, 0.5) is 5.13 Å². The zero-order chi connectivity index (χ0) is 26.1. The van der Waals surface area contributed by atoms with Crippen molar-refractivity contribution >= 4 is 22.4 Å². The van der Waals surface area contributed by atoms with Crippen LogP contribution in [0.15, 0.2) is 0 Å². The number of carbonyl (C=O) groups excluding carboxylic acids is 1. The van der Waals surface area contributed by atoms with Gasteiger partial charge in [0.15, 0.2) is 5.13 Å². The van der Waals surface area contributed by atoms with Gasteiger partial charge in [-0.15, -0.1) is 11.3 Å². The topological polar surface area (TPSA) is 103 Å². The minimum absolute atomic E-state index is 0.0457. The molecule has 6 rings (SSSR count). The van der Waals surface area contributed by atoms with E-state index in [1.54, 1.807) is 11.3 Å². The van der Waals surface area contributed by atoms with Crippen LogP contribution in [-0.4, -0.2) is 44.5 Å². The van der Waals surface area contributed by atoms with Gasteiger partial charge < -0.3 is 20.6 Å². The number of aliphatic hydroxyl groups excluding tert-OH is 3. The van der Waals surface area contributed by atoms with Gasteiger partial charge in [0.05, 0.1) is 24.0 Å². The van der Waals surface area contributed by atoms with Gasteiger partial charge >= 0.3 is 0 Å². The molecule has 0 radical (unpaired) electrons. The first kappa shape index (κ1) is 26.2. The van der Waals surface area contributed by atoms with E-state index < -0.39 is 0 Å². The maximum absolute atomic E-state index is 12.8. The highest BCUT2D eigenvalue weighted by Gasteiger charge is 2.65. The van der Waals surface area contributed by atoms with Crippen molar-refractivity contribution in [3.63, 3.8) is 0 Å². The third kappa shape index (κ3) is 4.22. The quantitative estimate of drug-likeness (QED) is 0.432. The number of thiazole rings is 1. The highest BCUT2D eigenvalue weighted by atomic mass is 32.1. The van der Waals surface area contributed by atoms with Gasteiger partial charge in [0.2, 0.25) is 5.91 Å². The summed E-state index contributed by atoms with van der Waals surface area (Å²) in [5.41, 5.74) is 1.05. The summed E-state index contributed by atoms with van der Waals surface area (Å²) < 4.78 is 0. The van der Waals surface area contributed by atoms with Crippen LogP contribution >= 0.6 is 11.3 Å². The summed E-state index contributed by atoms with van der Waals surface area (Å²) in [4.78, 5) is 18.7. The van der Waals surface area contributed by atoms with Crippen molar-refractivity contribution in [1.82, 2.24) is 4.98 Å². The van der Waals surface area contributed by atoms with Crippen LogP contribution in [0.5, 0.6) is 0 Å². The number of nitrogens with one attached hydrogen (secondary N) is 1. The molecule has 7 heteroatoms. The second kappa shape index (κ2) is 9.57. The second-order valence-corrected chi connectivity index (χ2v) is 14.9. The molecule has 5 aliphatic carbocycles. The maximum atomic E-state index is 12.8. The van der Waals surface area contributed by atoms with Gasteiger partial charge in [0.25, 0.3) is 0 Å². The molecule has 1 amide bonds. The molecule has 6 nitrogen and oxygen atoms in total. The number of aryl methyl sites for hydroxylation is 2. The van der Waals surface area contributed by atoms with E-state index in [2.05, 4.69) is 31.1 Å². The minimum atomic E-state index is -0.380. The summed E-state index contributed by atoms with van der Waals surface area (Å²) >= 11 is 1.63. The van der Waals surface area contributed by atoms with Gasteiger partial charge in [-0.3, -0.25) is 4.79 Å². The average Bonchev–Trinajstić information content (AvgIpc) is 3.53. The van der Waals surface area contributed by atoms with Gasteiger partial charge in [0.1, 0.15) is 0 Å². The van der Waals surface area contributed by atoms with Crippen LogP contribution in [-0.2, 0) is 17.6 Å². The predicted molar refractivity (Wildman–Crippen MR) is 145 cm³/mol. The van der Waals surface area contributed by atoms with E-state index in [-0.39, 0.29) is 41.0 Å². The number of fused-ring (bicyclic) bond motifs is 6. The highest BCUT2D eigenvalue weighted by Crippen LogP contribution is 2.68. The van der Waals surface area contributed by atoms with E-state index in [0.717, 1.165) is 75.0 Å². The van der Waals surface area contributed by atoms with Crippen molar-refractivity contribution in [2.24, 2.45) is 46.3 Å². The first-order valence-electron chi connectivity index (χ1n) is 14.9. The second-order valence-electron chi connectivity index (χ2n) is 13.8. The molecule has 4 saturated carbocycles. The Morgan fingerprint density at radius 3 is 2.70 bits per heavy atom. The Kier molecular flexibility index (Phi) is 6.78. The Hall–Kier alpha value is -1.02. The fourth-order valence-corrected chi connectivity index (χ4v) is 11.2. The van der Waals surface area contributed by atoms with Gasteiger partial charge in [-0.1, -0.05) is 20.8 Å². The third-order valence-electron chi connectivity index (χ3n) is 12.2. The fraction of sp³-hybridized carbons (Fsp3) is 0.867. The summed E-state index contributed by atoms with van der Waals surface area (Å²) in [6, 6.07) is 0. The molecule has 0 aromatic carbocycles. The third-order valence-corrected chi connectivity index (χ3v) is 13.3. The lowest BCUT2D eigenvalue weighted by Crippen LogP contribution is -2.62. The molecule has 0 spiro atoms. The maximum Gasteiger partial charge on any atom is 0.226 e. The summed E-state index contributed by atoms with van der Waals surface area (Å²) in [5.74, 6) is 1.96. The molecule has 4 N–H and O–H groups in total. The molecule has 0 bridgehead atoms. The molecule has 0 saturated heterocycles. The van der Waals surface area contributed by atoms with E-state index >= 15 is 0 Å². The largest absolute Gasteiger partial charge is 0.393 e. The summed E-state index contributed by atoms with van der Waals surface area (Å²) in [6.45, 7) is 6.93. The van der Waals surface area contributed by atoms with E-state index in [1.165, 1.54) is 11.3 Å². The van der Waals surface area contributed by atoms with E-state index in [1.807, 2.05) is 0 Å². The molecule has 11 atom stereocenters. The van der Waals surface area contributed by atoms with Crippen molar-refractivity contribution in [3.8, 4) is 0 Å². The number of amides is 1. The van der Waals surface area contributed by atoms with Crippen molar-refractivity contribution in [2.45, 2.75) is 116 Å². The van der Waals surface area contributed by atoms with Gasteiger partial charge in [-0.2, -0.15) is 0 Å². The lowest BCUT2D eigenvalue weighted by molar-refractivity contribution is -0.207. The van der Waals surface area contributed by atoms with Crippen molar-refractivity contribution in [3.05, 3.63) is 10.6 Å². The van der Waals surface area contributed by atoms with Crippen molar-refractivity contribution < 1.29 is 20.1 Å². The molecule has 206 valence electrons. The van der Waals surface area contributed by atoms with Crippen molar-refractivity contribution in [2.75, 3.05) is 5.32 Å². The Morgan fingerprint density at radius 1 is 1.11 bits per heavy atom. The van der Waals surface area contributed by atoms with Crippen LogP contribution < -0.4 is 5.32 Å². The lowest BCUT2D eigenvalue weighted by Gasteiger charge is -2.63. The van der Waals surface area contributed by atoms with Crippen LogP contribution in [0.2, 0.25) is 0 Å². The van der Waals surface area contributed by atoms with E-state index in [4.69, 9.17) is 0 Å². The number of hydrogen-bond donors (Lipinski definition) is 4. The molecule has 4 fully saturated rings. The predicted octanol–water partition coefficient (Wildman–Crippen LogP) is 4.95. The number of aromatic nitrogens is 1. The standard InChI is InChI=1S/C30H46N2O4S/c1-16(7-10-26(36)32-28-31-22-5-4-6-24(22)37-28)19-8-9-20-27-21(15-25(35)30(19,20)3)29(2)12-11-18(33)13-17(29)14-23(27)34/h16-21,23,25,27,33-35H,4-15H2,1-3H3,(H,31,32,36)/t16-,17-,18-,19+,20-,21-,23-,25+,27+,29+,30-/m1/s1. The van der Waals surface area contributed by atoms with E-state index in [9.17, 15) is 20.1 Å². The summed E-state index contributed by atoms with van der Waals surface area (Å²) in [6.07, 6.45) is 9.92. The van der Waals surface area contributed by atoms with Gasteiger partial charge in [-0.25, -0.2) is 4.98 Å². The number of aliphatic hydroxyl groups is 3. The molecular weight excluding hydrogens is 484 g/mol. The van der Waals surface area contributed by atoms with Crippen molar-refractivity contribution in [1.29, 1.82) is 0 Å². The Balaban J connectivity index is 1.13. The zero-order valence-electron chi connectivity index (χ0n) is 22.8. The summed E-state index contributed by atoms with van der Waals surface area (Å²) in [5, 5.41) is 37.3. The lowest BCUT2D eigenvalue weighted by atomic mass is 9.43. The van der Waals surface area contributed by atoms with E-state index in [0.29, 0.717) is 36.0 Å². The number of anilines is 1. The molecular formula is C30H46N2O4S. The van der Waals surface area contributed by atoms with Gasteiger partial charge in [0, 0.05) is 11.3 Å². The molecule has 5 aliphatic rings. The first-order chi connectivity index (χ1) is 17.6. The SMILES string of the molecule is C[C@H](CCC(=O)Nc1nc2c(s1)CCC2)[C@@H]1CC[C@@H]2[C@@H]3[C@H](O)C[C@H]4C[C@H](O)CC[C@]4(C)[C@@H]3C[C@H](O)[C@@]21C. The Labute approximate surface area is 225 Å². The van der Waals surface area contributed by atoms with Crippen LogP contribution in [0.25, 0.3) is 0 Å². The number of nitrogens with zero attached hydrogens (tertiary/aromatic N) is 1. The van der Waals surface area contributed by atoms with Crippen LogP contribution in [0.1, 0.15) is 95.6 Å². The normalized spacial score (nSPS) is 45.5. The molecule has 1 aromatic rings. The van der Waals surface area contributed by atoms with Gasteiger partial charge in [-0.05, 0) is 117 Å². The minimum Gasteiger partial charge on any atom is -0.393 e. The molecule has 0 unspecified atom stereocenters. The number of carbonyl (C=O) groups is 1. The smallest absolute Gasteiger partial charge is 0.226 e. The average molecular weight is 531 g/mol. The highest BCUT2D eigenvalue weighted by molar-refractivity contribution is 7.15. The van der Waals surface area contributed by atoms with Crippen LogP contribution in [0, 0.1) is 46.3 Å². The molecule has 1 aromatic heterocycles. The number of rotatable bonds is 5. The molecule has 0 aliphatic heterocycles. The summed E-state index contributed by atoms with van der Waals surface area (Å²) in [7, 11) is 0. The zero-order valence-corrected chi connectivity index (χ0v) is 23.6. The molecule has 1 heterocycles. The Morgan fingerprint density at radius 2 is 1.92 bits per heavy atom. The number of hydrogen-bond acceptors (Lipinski definition) is 6. The Bertz CT molecular complexity index is 1010. The first-order valence-corrected chi connectivity index (χ1v) is 15.8. The monoisotopic (exact) mass is 530 g/mol.